The average molecular weight is 332 g/mol. The Hall–Kier alpha value is -1.78. The largest absolute Gasteiger partial charge is 0.355 e. The summed E-state index contributed by atoms with van der Waals surface area (Å²) < 4.78 is 2.26. The molecule has 1 aliphatic heterocycles. The minimum atomic E-state index is 0.0600. The Labute approximate surface area is 142 Å². The van der Waals surface area contributed by atoms with Crippen LogP contribution in [0.1, 0.15) is 30.6 Å². The standard InChI is InChI=1S/C18H22ClN3O/c1-2-8-20-17(23)13-22-11-10-21-9-4-7-16(21)18(22)14-5-3-6-15(19)12-14/h3-7,9,12,18H,2,8,10-11,13H2,1H3,(H,20,23)/t18-/m1/s1. The molecule has 4 nitrogen and oxygen atoms in total. The van der Waals surface area contributed by atoms with Crippen LogP contribution in [-0.4, -0.2) is 35.0 Å². The summed E-state index contributed by atoms with van der Waals surface area (Å²) in [5.41, 5.74) is 2.34. The van der Waals surface area contributed by atoms with Crippen molar-refractivity contribution in [2.75, 3.05) is 19.6 Å². The molecule has 5 heteroatoms. The van der Waals surface area contributed by atoms with Crippen LogP contribution in [0.4, 0.5) is 0 Å². The van der Waals surface area contributed by atoms with Crippen molar-refractivity contribution in [1.82, 2.24) is 14.8 Å². The summed E-state index contributed by atoms with van der Waals surface area (Å²) in [5.74, 6) is 0.0823. The van der Waals surface area contributed by atoms with Gasteiger partial charge in [-0.15, -0.1) is 0 Å². The minimum absolute atomic E-state index is 0.0600. The van der Waals surface area contributed by atoms with E-state index in [0.717, 1.165) is 36.6 Å². The number of aromatic nitrogens is 1. The van der Waals surface area contributed by atoms with Crippen molar-refractivity contribution >= 4 is 17.5 Å². The summed E-state index contributed by atoms with van der Waals surface area (Å²) in [6.07, 6.45) is 3.05. The van der Waals surface area contributed by atoms with E-state index in [4.69, 9.17) is 11.6 Å². The number of hydrogen-bond acceptors (Lipinski definition) is 2. The van der Waals surface area contributed by atoms with E-state index in [2.05, 4.69) is 46.1 Å². The van der Waals surface area contributed by atoms with Crippen LogP contribution in [0.15, 0.2) is 42.6 Å². The van der Waals surface area contributed by atoms with Crippen molar-refractivity contribution in [2.24, 2.45) is 0 Å². The summed E-state index contributed by atoms with van der Waals surface area (Å²) >= 11 is 6.18. The SMILES string of the molecule is CCCNC(=O)CN1CCn2cccc2[C@H]1c1cccc(Cl)c1. The molecule has 0 unspecified atom stereocenters. The number of rotatable bonds is 5. The number of halogens is 1. The Bertz CT molecular complexity index is 682. The van der Waals surface area contributed by atoms with Gasteiger partial charge in [0.1, 0.15) is 0 Å². The predicted molar refractivity (Wildman–Crippen MR) is 92.6 cm³/mol. The average Bonchev–Trinajstić information content (AvgIpc) is 3.01. The first-order chi connectivity index (χ1) is 11.2. The van der Waals surface area contributed by atoms with Crippen molar-refractivity contribution in [3.05, 3.63) is 58.9 Å². The zero-order valence-corrected chi connectivity index (χ0v) is 14.1. The van der Waals surface area contributed by atoms with E-state index < -0.39 is 0 Å². The molecule has 1 N–H and O–H groups in total. The van der Waals surface area contributed by atoms with Gasteiger partial charge in [0, 0.05) is 36.5 Å². The Balaban J connectivity index is 1.88. The highest BCUT2D eigenvalue weighted by atomic mass is 35.5. The molecular weight excluding hydrogens is 310 g/mol. The fourth-order valence-corrected chi connectivity index (χ4v) is 3.36. The molecule has 3 rings (SSSR count). The Morgan fingerprint density at radius 1 is 1.30 bits per heavy atom. The van der Waals surface area contributed by atoms with Crippen LogP contribution >= 0.6 is 11.6 Å². The molecule has 0 radical (unpaired) electrons. The van der Waals surface area contributed by atoms with Gasteiger partial charge in [-0.05, 0) is 36.2 Å². The molecule has 1 aromatic heterocycles. The van der Waals surface area contributed by atoms with Crippen LogP contribution in [-0.2, 0) is 11.3 Å². The van der Waals surface area contributed by atoms with Gasteiger partial charge in [-0.2, -0.15) is 0 Å². The van der Waals surface area contributed by atoms with Gasteiger partial charge in [0.15, 0.2) is 0 Å². The van der Waals surface area contributed by atoms with Gasteiger partial charge in [0.05, 0.1) is 12.6 Å². The highest BCUT2D eigenvalue weighted by molar-refractivity contribution is 6.30. The van der Waals surface area contributed by atoms with E-state index in [1.165, 1.54) is 5.69 Å². The maximum absolute atomic E-state index is 12.2. The zero-order valence-electron chi connectivity index (χ0n) is 13.3. The van der Waals surface area contributed by atoms with E-state index in [-0.39, 0.29) is 11.9 Å². The molecule has 0 aliphatic carbocycles. The predicted octanol–water partition coefficient (Wildman–Crippen LogP) is 3.07. The van der Waals surface area contributed by atoms with Crippen LogP contribution in [0.3, 0.4) is 0 Å². The molecule has 1 atom stereocenters. The number of nitrogens with zero attached hydrogens (tertiary/aromatic N) is 2. The van der Waals surface area contributed by atoms with Gasteiger partial charge in [-0.3, -0.25) is 9.69 Å². The lowest BCUT2D eigenvalue weighted by molar-refractivity contribution is -0.122. The monoisotopic (exact) mass is 331 g/mol. The second kappa shape index (κ2) is 7.20. The summed E-state index contributed by atoms with van der Waals surface area (Å²) in [6, 6.07) is 12.2. The highest BCUT2D eigenvalue weighted by Gasteiger charge is 2.30. The van der Waals surface area contributed by atoms with E-state index in [0.29, 0.717) is 6.54 Å². The number of benzene rings is 1. The minimum Gasteiger partial charge on any atom is -0.355 e. The smallest absolute Gasteiger partial charge is 0.234 e. The summed E-state index contributed by atoms with van der Waals surface area (Å²) in [4.78, 5) is 14.4. The fourth-order valence-electron chi connectivity index (χ4n) is 3.16. The Morgan fingerprint density at radius 3 is 2.96 bits per heavy atom. The van der Waals surface area contributed by atoms with Gasteiger partial charge in [0.2, 0.25) is 5.91 Å². The van der Waals surface area contributed by atoms with Crippen LogP contribution in [0.5, 0.6) is 0 Å². The maximum atomic E-state index is 12.2. The quantitative estimate of drug-likeness (QED) is 0.914. The Morgan fingerprint density at radius 2 is 2.17 bits per heavy atom. The first-order valence-corrected chi connectivity index (χ1v) is 8.48. The third kappa shape index (κ3) is 3.59. The normalized spacial score (nSPS) is 17.7. The molecule has 1 aliphatic rings. The second-order valence-corrected chi connectivity index (χ2v) is 6.34. The summed E-state index contributed by atoms with van der Waals surface area (Å²) in [6.45, 7) is 4.94. The summed E-state index contributed by atoms with van der Waals surface area (Å²) in [5, 5.41) is 3.69. The number of carbonyl (C=O) groups is 1. The van der Waals surface area contributed by atoms with Crippen molar-refractivity contribution in [2.45, 2.75) is 25.9 Å². The third-order valence-electron chi connectivity index (χ3n) is 4.22. The number of hydrogen-bond donors (Lipinski definition) is 1. The van der Waals surface area contributed by atoms with Gasteiger partial charge in [-0.25, -0.2) is 0 Å². The molecule has 1 amide bonds. The van der Waals surface area contributed by atoms with Crippen molar-refractivity contribution in [1.29, 1.82) is 0 Å². The van der Waals surface area contributed by atoms with Gasteiger partial charge < -0.3 is 9.88 Å². The lowest BCUT2D eigenvalue weighted by atomic mass is 10.00. The zero-order chi connectivity index (χ0) is 16.2. The van der Waals surface area contributed by atoms with E-state index >= 15 is 0 Å². The van der Waals surface area contributed by atoms with Crippen LogP contribution in [0.25, 0.3) is 0 Å². The highest BCUT2D eigenvalue weighted by Crippen LogP contribution is 2.33. The number of amides is 1. The van der Waals surface area contributed by atoms with Gasteiger partial charge in [0.25, 0.3) is 0 Å². The molecule has 2 aromatic rings. The first-order valence-electron chi connectivity index (χ1n) is 8.10. The number of nitrogens with one attached hydrogen (secondary N) is 1. The van der Waals surface area contributed by atoms with Crippen LogP contribution < -0.4 is 5.32 Å². The molecule has 0 saturated heterocycles. The second-order valence-electron chi connectivity index (χ2n) is 5.90. The molecule has 0 fully saturated rings. The molecular formula is C18H22ClN3O. The van der Waals surface area contributed by atoms with E-state index in [9.17, 15) is 4.79 Å². The lowest BCUT2D eigenvalue weighted by Crippen LogP contribution is -2.44. The van der Waals surface area contributed by atoms with E-state index in [1.54, 1.807) is 0 Å². The molecule has 122 valence electrons. The summed E-state index contributed by atoms with van der Waals surface area (Å²) in [7, 11) is 0. The van der Waals surface area contributed by atoms with Crippen molar-refractivity contribution in [3.8, 4) is 0 Å². The van der Waals surface area contributed by atoms with Crippen molar-refractivity contribution in [3.63, 3.8) is 0 Å². The van der Waals surface area contributed by atoms with Crippen LogP contribution in [0.2, 0.25) is 5.02 Å². The molecule has 0 bridgehead atoms. The third-order valence-corrected chi connectivity index (χ3v) is 4.46. The molecule has 0 saturated carbocycles. The molecule has 23 heavy (non-hydrogen) atoms. The first kappa shape index (κ1) is 16.1. The molecule has 2 heterocycles. The topological polar surface area (TPSA) is 37.3 Å². The molecule has 0 spiro atoms. The van der Waals surface area contributed by atoms with Crippen LogP contribution in [0, 0.1) is 0 Å². The fraction of sp³-hybridized carbons (Fsp3) is 0.389. The van der Waals surface area contributed by atoms with Gasteiger partial charge in [-0.1, -0.05) is 30.7 Å². The van der Waals surface area contributed by atoms with Gasteiger partial charge >= 0.3 is 0 Å². The molecule has 1 aromatic carbocycles. The maximum Gasteiger partial charge on any atom is 0.234 e. The lowest BCUT2D eigenvalue weighted by Gasteiger charge is -2.37. The number of fused-ring (bicyclic) bond motifs is 1. The number of carbonyl (C=O) groups excluding carboxylic acids is 1. The Kier molecular flexibility index (Phi) is 5.03. The van der Waals surface area contributed by atoms with Crippen molar-refractivity contribution < 1.29 is 4.79 Å². The van der Waals surface area contributed by atoms with E-state index in [1.807, 2.05) is 18.2 Å².